The second kappa shape index (κ2) is 6.98. The first-order chi connectivity index (χ1) is 11.9. The molecular formula is C15H11ClF3N5O. The van der Waals surface area contributed by atoms with Gasteiger partial charge < -0.3 is 5.32 Å². The molecule has 6 nitrogen and oxygen atoms in total. The van der Waals surface area contributed by atoms with Crippen LogP contribution in [-0.4, -0.2) is 25.5 Å². The fourth-order valence-electron chi connectivity index (χ4n) is 2.10. The average Bonchev–Trinajstić information content (AvgIpc) is 3.19. The molecule has 0 fully saturated rings. The minimum absolute atomic E-state index is 0.144. The van der Waals surface area contributed by atoms with Gasteiger partial charge in [-0.3, -0.25) is 9.48 Å². The van der Waals surface area contributed by atoms with E-state index in [2.05, 4.69) is 15.5 Å². The van der Waals surface area contributed by atoms with Crippen LogP contribution >= 0.6 is 11.6 Å². The van der Waals surface area contributed by atoms with Crippen LogP contribution in [0.1, 0.15) is 22.6 Å². The first-order valence-electron chi connectivity index (χ1n) is 7.03. The van der Waals surface area contributed by atoms with Gasteiger partial charge in [0.05, 0.1) is 18.4 Å². The predicted octanol–water partition coefficient (Wildman–Crippen LogP) is 3.57. The van der Waals surface area contributed by atoms with Gasteiger partial charge >= 0.3 is 6.55 Å². The molecule has 25 heavy (non-hydrogen) atoms. The Morgan fingerprint density at radius 2 is 2.12 bits per heavy atom. The van der Waals surface area contributed by atoms with Crippen molar-refractivity contribution in [1.82, 2.24) is 19.6 Å². The van der Waals surface area contributed by atoms with E-state index in [0.29, 0.717) is 15.9 Å². The molecule has 1 amide bonds. The third kappa shape index (κ3) is 4.00. The molecule has 0 aliphatic heterocycles. The summed E-state index contributed by atoms with van der Waals surface area (Å²) in [5.74, 6) is -1.08. The number of hydrogen-bond acceptors (Lipinski definition) is 3. The summed E-state index contributed by atoms with van der Waals surface area (Å²) < 4.78 is 39.8. The fraction of sp³-hybridized carbons (Fsp3) is 0.133. The van der Waals surface area contributed by atoms with E-state index in [1.165, 1.54) is 41.3 Å². The van der Waals surface area contributed by atoms with Crippen LogP contribution in [0.2, 0.25) is 5.02 Å². The second-order valence-corrected chi connectivity index (χ2v) is 5.48. The maximum atomic E-state index is 13.0. The van der Waals surface area contributed by atoms with Gasteiger partial charge in [0.15, 0.2) is 5.69 Å². The van der Waals surface area contributed by atoms with Gasteiger partial charge in [-0.1, -0.05) is 17.7 Å². The van der Waals surface area contributed by atoms with Crippen LogP contribution in [0.4, 0.5) is 18.9 Å². The van der Waals surface area contributed by atoms with Crippen molar-refractivity contribution in [3.63, 3.8) is 0 Å². The molecule has 3 rings (SSSR count). The molecule has 0 aliphatic rings. The highest BCUT2D eigenvalue weighted by Gasteiger charge is 2.14. The number of alkyl halides is 2. The molecule has 1 aromatic carbocycles. The zero-order valence-corrected chi connectivity index (χ0v) is 13.3. The number of rotatable bonds is 5. The van der Waals surface area contributed by atoms with Crippen molar-refractivity contribution >= 4 is 23.2 Å². The number of aromatic nitrogens is 4. The molecule has 0 aliphatic carbocycles. The van der Waals surface area contributed by atoms with Crippen LogP contribution < -0.4 is 5.32 Å². The van der Waals surface area contributed by atoms with Crippen LogP contribution in [0.15, 0.2) is 42.9 Å². The number of carbonyl (C=O) groups is 1. The zero-order chi connectivity index (χ0) is 18.0. The van der Waals surface area contributed by atoms with Gasteiger partial charge in [-0.15, -0.1) is 0 Å². The predicted molar refractivity (Wildman–Crippen MR) is 84.2 cm³/mol. The molecule has 130 valence electrons. The molecule has 0 bridgehead atoms. The van der Waals surface area contributed by atoms with E-state index in [4.69, 9.17) is 11.6 Å². The van der Waals surface area contributed by atoms with Crippen LogP contribution in [0.25, 0.3) is 0 Å². The lowest BCUT2D eigenvalue weighted by Crippen LogP contribution is -2.13. The highest BCUT2D eigenvalue weighted by atomic mass is 35.5. The molecule has 1 N–H and O–H groups in total. The number of carbonyl (C=O) groups excluding carboxylic acids is 1. The summed E-state index contributed by atoms with van der Waals surface area (Å²) >= 11 is 5.96. The first kappa shape index (κ1) is 17.0. The van der Waals surface area contributed by atoms with E-state index < -0.39 is 18.3 Å². The summed E-state index contributed by atoms with van der Waals surface area (Å²) in [4.78, 5) is 12.0. The standard InChI is InChI=1S/C15H11ClF3N5O/c16-12-5-10(17)2-1-9(12)7-23-8-11(6-20-23)21-14(25)13-3-4-24(22-13)15(18)19/h1-6,8,15H,7H2,(H,21,25). The molecule has 10 heteroatoms. The number of hydrogen-bond donors (Lipinski definition) is 1. The topological polar surface area (TPSA) is 64.7 Å². The van der Waals surface area contributed by atoms with Gasteiger partial charge in [0.2, 0.25) is 0 Å². The zero-order valence-electron chi connectivity index (χ0n) is 12.5. The molecular weight excluding hydrogens is 359 g/mol. The fourth-order valence-corrected chi connectivity index (χ4v) is 2.33. The summed E-state index contributed by atoms with van der Waals surface area (Å²) in [7, 11) is 0. The molecule has 0 unspecified atom stereocenters. The summed E-state index contributed by atoms with van der Waals surface area (Å²) in [6.45, 7) is -2.54. The Morgan fingerprint density at radius 1 is 1.32 bits per heavy atom. The molecule has 0 radical (unpaired) electrons. The van der Waals surface area contributed by atoms with Crippen molar-refractivity contribution in [3.8, 4) is 0 Å². The maximum absolute atomic E-state index is 13.0. The molecule has 0 saturated heterocycles. The van der Waals surface area contributed by atoms with Crippen molar-refractivity contribution in [1.29, 1.82) is 0 Å². The highest BCUT2D eigenvalue weighted by molar-refractivity contribution is 6.31. The molecule has 2 aromatic heterocycles. The normalized spacial score (nSPS) is 11.1. The van der Waals surface area contributed by atoms with Crippen molar-refractivity contribution in [3.05, 3.63) is 65.0 Å². The third-order valence-corrected chi connectivity index (χ3v) is 3.63. The van der Waals surface area contributed by atoms with Crippen LogP contribution in [0.5, 0.6) is 0 Å². The lowest BCUT2D eigenvalue weighted by molar-refractivity contribution is 0.0561. The first-order valence-corrected chi connectivity index (χ1v) is 7.41. The smallest absolute Gasteiger partial charge is 0.318 e. The molecule has 0 saturated carbocycles. The summed E-state index contributed by atoms with van der Waals surface area (Å²) in [6, 6.07) is 5.20. The van der Waals surface area contributed by atoms with Crippen molar-refractivity contribution in [2.75, 3.05) is 5.32 Å². The van der Waals surface area contributed by atoms with Gasteiger partial charge in [-0.05, 0) is 23.8 Å². The Labute approximate surface area is 144 Å². The van der Waals surface area contributed by atoms with Gasteiger partial charge in [-0.25, -0.2) is 9.07 Å². The van der Waals surface area contributed by atoms with E-state index in [1.807, 2.05) is 0 Å². The quantitative estimate of drug-likeness (QED) is 0.747. The molecule has 0 atom stereocenters. The van der Waals surface area contributed by atoms with Gasteiger partial charge in [0.25, 0.3) is 5.91 Å². The van der Waals surface area contributed by atoms with E-state index in [9.17, 15) is 18.0 Å². The lowest BCUT2D eigenvalue weighted by Gasteiger charge is -2.04. The summed E-state index contributed by atoms with van der Waals surface area (Å²) in [5, 5.41) is 10.3. The maximum Gasteiger partial charge on any atom is 0.333 e. The van der Waals surface area contributed by atoms with Gasteiger partial charge in [-0.2, -0.15) is 19.0 Å². The largest absolute Gasteiger partial charge is 0.333 e. The average molecular weight is 370 g/mol. The lowest BCUT2D eigenvalue weighted by atomic mass is 10.2. The van der Waals surface area contributed by atoms with Gasteiger partial charge in [0.1, 0.15) is 5.82 Å². The number of anilines is 1. The number of benzene rings is 1. The Morgan fingerprint density at radius 3 is 2.80 bits per heavy atom. The second-order valence-electron chi connectivity index (χ2n) is 5.08. The molecule has 2 heterocycles. The van der Waals surface area contributed by atoms with Crippen LogP contribution in [0, 0.1) is 5.82 Å². The van der Waals surface area contributed by atoms with Gasteiger partial charge in [0, 0.05) is 17.4 Å². The van der Waals surface area contributed by atoms with E-state index in [-0.39, 0.29) is 17.3 Å². The summed E-state index contributed by atoms with van der Waals surface area (Å²) in [6.07, 6.45) is 3.93. The van der Waals surface area contributed by atoms with E-state index in [0.717, 1.165) is 6.20 Å². The van der Waals surface area contributed by atoms with Crippen molar-refractivity contribution < 1.29 is 18.0 Å². The molecule has 3 aromatic rings. The monoisotopic (exact) mass is 369 g/mol. The highest BCUT2D eigenvalue weighted by Crippen LogP contribution is 2.19. The number of nitrogens with zero attached hydrogens (tertiary/aromatic N) is 4. The van der Waals surface area contributed by atoms with Crippen LogP contribution in [-0.2, 0) is 6.54 Å². The number of amides is 1. The molecule has 0 spiro atoms. The third-order valence-electron chi connectivity index (χ3n) is 3.28. The Balaban J connectivity index is 1.67. The Hall–Kier alpha value is -2.81. The van der Waals surface area contributed by atoms with E-state index >= 15 is 0 Å². The number of nitrogens with one attached hydrogen (secondary N) is 1. The SMILES string of the molecule is O=C(Nc1cnn(Cc2ccc(F)cc2Cl)c1)c1ccn(C(F)F)n1. The Bertz CT molecular complexity index is 908. The number of halogens is 4. The Kier molecular flexibility index (Phi) is 4.75. The van der Waals surface area contributed by atoms with Crippen LogP contribution in [0.3, 0.4) is 0 Å². The summed E-state index contributed by atoms with van der Waals surface area (Å²) in [5.41, 5.74) is 0.865. The minimum atomic E-state index is -2.82. The van der Waals surface area contributed by atoms with E-state index in [1.54, 1.807) is 0 Å². The van der Waals surface area contributed by atoms with Crippen molar-refractivity contribution in [2.24, 2.45) is 0 Å². The minimum Gasteiger partial charge on any atom is -0.318 e. The van der Waals surface area contributed by atoms with Crippen molar-refractivity contribution in [2.45, 2.75) is 13.1 Å².